The number of carbonyl (C=O) groups is 1. The average Bonchev–Trinajstić information content (AvgIpc) is 2.99. The Kier molecular flexibility index (Phi) is 6.23. The van der Waals surface area contributed by atoms with Gasteiger partial charge in [0.1, 0.15) is 0 Å². The number of halogens is 1. The van der Waals surface area contributed by atoms with Crippen molar-refractivity contribution in [3.8, 4) is 0 Å². The second-order valence-corrected chi connectivity index (χ2v) is 5.01. The molecule has 1 amide bonds. The van der Waals surface area contributed by atoms with E-state index in [1.54, 1.807) is 0 Å². The first kappa shape index (κ1) is 14.7. The number of rotatable bonds is 6. The summed E-state index contributed by atoms with van der Waals surface area (Å²) in [5.41, 5.74) is 5.87. The van der Waals surface area contributed by atoms with Crippen LogP contribution in [0.2, 0.25) is 0 Å². The van der Waals surface area contributed by atoms with Crippen LogP contribution < -0.4 is 11.1 Å². The Hall–Kier alpha value is -0.320. The van der Waals surface area contributed by atoms with Gasteiger partial charge in [0, 0.05) is 19.2 Å². The highest BCUT2D eigenvalue weighted by Gasteiger charge is 2.29. The SMILES string of the molecule is Cl.NC1CCCC1C(=O)NCCOCC1CC1. The summed E-state index contributed by atoms with van der Waals surface area (Å²) < 4.78 is 5.45. The van der Waals surface area contributed by atoms with Crippen molar-refractivity contribution in [2.45, 2.75) is 38.1 Å². The fourth-order valence-corrected chi connectivity index (χ4v) is 2.23. The molecule has 4 nitrogen and oxygen atoms in total. The lowest BCUT2D eigenvalue weighted by Crippen LogP contribution is -2.39. The van der Waals surface area contributed by atoms with Crippen molar-refractivity contribution in [2.24, 2.45) is 17.6 Å². The van der Waals surface area contributed by atoms with Crippen molar-refractivity contribution in [3.63, 3.8) is 0 Å². The molecule has 0 spiro atoms. The topological polar surface area (TPSA) is 64.4 Å². The molecule has 0 bridgehead atoms. The predicted molar refractivity (Wildman–Crippen MR) is 69.1 cm³/mol. The van der Waals surface area contributed by atoms with Gasteiger partial charge in [-0.25, -0.2) is 0 Å². The molecule has 0 aliphatic heterocycles. The van der Waals surface area contributed by atoms with Crippen LogP contribution in [0.4, 0.5) is 0 Å². The number of nitrogens with two attached hydrogens (primary N) is 1. The van der Waals surface area contributed by atoms with Crippen molar-refractivity contribution in [3.05, 3.63) is 0 Å². The number of carbonyl (C=O) groups excluding carboxylic acids is 1. The Bertz CT molecular complexity index is 247. The highest BCUT2D eigenvalue weighted by molar-refractivity contribution is 5.85. The van der Waals surface area contributed by atoms with Gasteiger partial charge in [-0.1, -0.05) is 6.42 Å². The van der Waals surface area contributed by atoms with Crippen LogP contribution in [0, 0.1) is 11.8 Å². The van der Waals surface area contributed by atoms with Gasteiger partial charge in [-0.2, -0.15) is 0 Å². The van der Waals surface area contributed by atoms with Gasteiger partial charge < -0.3 is 15.8 Å². The molecule has 17 heavy (non-hydrogen) atoms. The molecule has 5 heteroatoms. The minimum absolute atomic E-state index is 0. The normalized spacial score (nSPS) is 27.6. The number of hydrogen-bond donors (Lipinski definition) is 2. The van der Waals surface area contributed by atoms with Crippen LogP contribution in [0.3, 0.4) is 0 Å². The Morgan fingerprint density at radius 3 is 2.65 bits per heavy atom. The third-order valence-corrected chi connectivity index (χ3v) is 3.50. The van der Waals surface area contributed by atoms with E-state index in [0.29, 0.717) is 13.2 Å². The molecule has 2 saturated carbocycles. The Morgan fingerprint density at radius 2 is 2.06 bits per heavy atom. The van der Waals surface area contributed by atoms with Gasteiger partial charge in [-0.05, 0) is 31.6 Å². The van der Waals surface area contributed by atoms with E-state index < -0.39 is 0 Å². The zero-order valence-electron chi connectivity index (χ0n) is 10.2. The van der Waals surface area contributed by atoms with Crippen LogP contribution in [0.25, 0.3) is 0 Å². The Labute approximate surface area is 109 Å². The molecule has 2 unspecified atom stereocenters. The molecule has 0 aromatic rings. The number of ether oxygens (including phenoxy) is 1. The largest absolute Gasteiger partial charge is 0.379 e. The van der Waals surface area contributed by atoms with Crippen molar-refractivity contribution in [2.75, 3.05) is 19.8 Å². The van der Waals surface area contributed by atoms with E-state index in [4.69, 9.17) is 10.5 Å². The lowest BCUT2D eigenvalue weighted by molar-refractivity contribution is -0.125. The maximum Gasteiger partial charge on any atom is 0.224 e. The molecular weight excluding hydrogens is 240 g/mol. The van der Waals surface area contributed by atoms with Crippen LogP contribution >= 0.6 is 12.4 Å². The molecule has 3 N–H and O–H groups in total. The van der Waals surface area contributed by atoms with Gasteiger partial charge in [0.15, 0.2) is 0 Å². The monoisotopic (exact) mass is 262 g/mol. The quantitative estimate of drug-likeness (QED) is 0.704. The van der Waals surface area contributed by atoms with Crippen LogP contribution in [0.1, 0.15) is 32.1 Å². The third kappa shape index (κ3) is 4.82. The van der Waals surface area contributed by atoms with Gasteiger partial charge in [0.25, 0.3) is 0 Å². The van der Waals surface area contributed by atoms with E-state index in [9.17, 15) is 4.79 Å². The van der Waals surface area contributed by atoms with Gasteiger partial charge in [-0.15, -0.1) is 12.4 Å². The summed E-state index contributed by atoms with van der Waals surface area (Å²) in [7, 11) is 0. The van der Waals surface area contributed by atoms with Crippen molar-refractivity contribution >= 4 is 18.3 Å². The third-order valence-electron chi connectivity index (χ3n) is 3.50. The Morgan fingerprint density at radius 1 is 1.29 bits per heavy atom. The van der Waals surface area contributed by atoms with E-state index in [2.05, 4.69) is 5.32 Å². The maximum atomic E-state index is 11.7. The summed E-state index contributed by atoms with van der Waals surface area (Å²) in [6, 6.07) is 0.0624. The lowest BCUT2D eigenvalue weighted by atomic mass is 10.0. The van der Waals surface area contributed by atoms with E-state index >= 15 is 0 Å². The van der Waals surface area contributed by atoms with E-state index in [1.807, 2.05) is 0 Å². The standard InChI is InChI=1S/C12H22N2O2.ClH/c13-11-3-1-2-10(11)12(15)14-6-7-16-8-9-4-5-9;/h9-11H,1-8,13H2,(H,14,15);1H. The first-order valence-electron chi connectivity index (χ1n) is 6.38. The molecule has 0 radical (unpaired) electrons. The number of amides is 1. The number of nitrogens with one attached hydrogen (secondary N) is 1. The van der Waals surface area contributed by atoms with Crippen molar-refractivity contribution in [1.82, 2.24) is 5.32 Å². The second kappa shape index (κ2) is 7.19. The average molecular weight is 263 g/mol. The van der Waals surface area contributed by atoms with E-state index in [0.717, 1.165) is 31.8 Å². The van der Waals surface area contributed by atoms with Crippen LogP contribution in [0.15, 0.2) is 0 Å². The maximum absolute atomic E-state index is 11.7. The van der Waals surface area contributed by atoms with Gasteiger partial charge in [0.05, 0.1) is 12.5 Å². The highest BCUT2D eigenvalue weighted by Crippen LogP contribution is 2.28. The smallest absolute Gasteiger partial charge is 0.224 e. The summed E-state index contributed by atoms with van der Waals surface area (Å²) in [6.45, 7) is 2.11. The predicted octanol–water partition coefficient (Wildman–Crippen LogP) is 1.08. The van der Waals surface area contributed by atoms with Gasteiger partial charge >= 0.3 is 0 Å². The van der Waals surface area contributed by atoms with Crippen LogP contribution in [-0.2, 0) is 9.53 Å². The summed E-state index contributed by atoms with van der Waals surface area (Å²) in [4.78, 5) is 11.7. The molecule has 2 rings (SSSR count). The molecule has 0 saturated heterocycles. The van der Waals surface area contributed by atoms with Crippen LogP contribution in [0.5, 0.6) is 0 Å². The Balaban J connectivity index is 0.00000144. The molecule has 2 atom stereocenters. The summed E-state index contributed by atoms with van der Waals surface area (Å²) in [6.07, 6.45) is 5.62. The molecule has 2 aliphatic rings. The van der Waals surface area contributed by atoms with Gasteiger partial charge in [-0.3, -0.25) is 4.79 Å². The van der Waals surface area contributed by atoms with Crippen molar-refractivity contribution in [1.29, 1.82) is 0 Å². The zero-order chi connectivity index (χ0) is 11.4. The molecule has 2 fully saturated rings. The summed E-state index contributed by atoms with van der Waals surface area (Å²) in [5, 5.41) is 2.91. The summed E-state index contributed by atoms with van der Waals surface area (Å²) in [5.74, 6) is 0.933. The van der Waals surface area contributed by atoms with E-state index in [-0.39, 0.29) is 30.3 Å². The van der Waals surface area contributed by atoms with Crippen molar-refractivity contribution < 1.29 is 9.53 Å². The second-order valence-electron chi connectivity index (χ2n) is 5.01. The minimum atomic E-state index is 0. The first-order valence-corrected chi connectivity index (χ1v) is 6.38. The molecule has 0 aromatic heterocycles. The number of hydrogen-bond acceptors (Lipinski definition) is 3. The first-order chi connectivity index (χ1) is 7.77. The molecule has 100 valence electrons. The van der Waals surface area contributed by atoms with E-state index in [1.165, 1.54) is 12.8 Å². The fraction of sp³-hybridized carbons (Fsp3) is 0.917. The fourth-order valence-electron chi connectivity index (χ4n) is 2.23. The molecular formula is C12H23ClN2O2. The highest BCUT2D eigenvalue weighted by atomic mass is 35.5. The zero-order valence-corrected chi connectivity index (χ0v) is 11.0. The minimum Gasteiger partial charge on any atom is -0.379 e. The summed E-state index contributed by atoms with van der Waals surface area (Å²) >= 11 is 0. The van der Waals surface area contributed by atoms with Crippen LogP contribution in [-0.4, -0.2) is 31.7 Å². The molecule has 2 aliphatic carbocycles. The molecule has 0 heterocycles. The van der Waals surface area contributed by atoms with Gasteiger partial charge in [0.2, 0.25) is 5.91 Å². The lowest BCUT2D eigenvalue weighted by Gasteiger charge is -2.15. The molecule has 0 aromatic carbocycles.